The Kier molecular flexibility index (Phi) is 8.53. The highest BCUT2D eigenvalue weighted by Gasteiger charge is 2.08. The van der Waals surface area contributed by atoms with Gasteiger partial charge in [-0.2, -0.15) is 0 Å². The van der Waals surface area contributed by atoms with Crippen LogP contribution in [-0.2, 0) is 0 Å². The summed E-state index contributed by atoms with van der Waals surface area (Å²) in [7, 11) is 0. The molecule has 134 valence electrons. The van der Waals surface area contributed by atoms with Crippen LogP contribution in [0.25, 0.3) is 0 Å². The van der Waals surface area contributed by atoms with Gasteiger partial charge in [0.1, 0.15) is 5.75 Å². The number of nitrogens with one attached hydrogen (secondary N) is 1. The van der Waals surface area contributed by atoms with Crippen molar-refractivity contribution >= 4 is 27.5 Å². The number of ether oxygens (including phenoxy) is 1. The van der Waals surface area contributed by atoms with E-state index in [0.717, 1.165) is 28.9 Å². The topological polar surface area (TPSA) is 38.3 Å². The van der Waals surface area contributed by atoms with E-state index >= 15 is 0 Å². The van der Waals surface area contributed by atoms with Crippen LogP contribution in [0.5, 0.6) is 5.75 Å². The molecule has 4 heteroatoms. The molecule has 0 aromatic heterocycles. The van der Waals surface area contributed by atoms with Gasteiger partial charge >= 0.3 is 0 Å². The summed E-state index contributed by atoms with van der Waals surface area (Å²) in [6.07, 6.45) is 7.49. The molecule has 0 radical (unpaired) electrons. The molecule has 2 aromatic carbocycles. The molecule has 25 heavy (non-hydrogen) atoms. The van der Waals surface area contributed by atoms with Gasteiger partial charge < -0.3 is 10.1 Å². The molecule has 2 aromatic rings. The molecule has 3 nitrogen and oxygen atoms in total. The highest BCUT2D eigenvalue weighted by molar-refractivity contribution is 9.10. The van der Waals surface area contributed by atoms with Crippen molar-refractivity contribution in [3.8, 4) is 5.75 Å². The van der Waals surface area contributed by atoms with Gasteiger partial charge in [0.25, 0.3) is 5.91 Å². The van der Waals surface area contributed by atoms with Gasteiger partial charge in [-0.25, -0.2) is 0 Å². The fourth-order valence-corrected chi connectivity index (χ4v) is 2.92. The normalized spacial score (nSPS) is 10.5. The van der Waals surface area contributed by atoms with Crippen molar-refractivity contribution in [3.63, 3.8) is 0 Å². The quantitative estimate of drug-likeness (QED) is 0.463. The molecule has 2 rings (SSSR count). The number of unbranched alkanes of at least 4 members (excludes halogenated alkanes) is 5. The smallest absolute Gasteiger partial charge is 0.255 e. The number of hydrogen-bond acceptors (Lipinski definition) is 2. The van der Waals surface area contributed by atoms with E-state index in [2.05, 4.69) is 28.2 Å². The molecule has 0 aliphatic rings. The van der Waals surface area contributed by atoms with Gasteiger partial charge in [-0.3, -0.25) is 4.79 Å². The van der Waals surface area contributed by atoms with Crippen LogP contribution in [0.3, 0.4) is 0 Å². The van der Waals surface area contributed by atoms with Gasteiger partial charge in [0, 0.05) is 10.0 Å². The van der Waals surface area contributed by atoms with Crippen molar-refractivity contribution in [2.24, 2.45) is 0 Å². The minimum atomic E-state index is -0.130. The Balaban J connectivity index is 1.75. The van der Waals surface area contributed by atoms with Gasteiger partial charge in [-0.1, -0.05) is 51.2 Å². The fraction of sp³-hybridized carbons (Fsp3) is 0.381. The summed E-state index contributed by atoms with van der Waals surface area (Å²) in [5.41, 5.74) is 1.37. The third-order valence-corrected chi connectivity index (χ3v) is 4.70. The maximum absolute atomic E-state index is 12.3. The summed E-state index contributed by atoms with van der Waals surface area (Å²) in [6.45, 7) is 2.96. The van der Waals surface area contributed by atoms with Crippen LogP contribution < -0.4 is 10.1 Å². The number of amides is 1. The number of rotatable bonds is 10. The Morgan fingerprint density at radius 3 is 2.36 bits per heavy atom. The molecule has 0 atom stereocenters. The largest absolute Gasteiger partial charge is 0.494 e. The molecule has 0 unspecified atom stereocenters. The number of halogens is 1. The number of carbonyl (C=O) groups is 1. The predicted octanol–water partition coefficient (Wildman–Crippen LogP) is 6.44. The second-order valence-corrected chi connectivity index (χ2v) is 6.93. The lowest BCUT2D eigenvalue weighted by atomic mass is 10.1. The average molecular weight is 404 g/mol. The summed E-state index contributed by atoms with van der Waals surface area (Å²) in [6, 6.07) is 14.9. The second kappa shape index (κ2) is 10.9. The summed E-state index contributed by atoms with van der Waals surface area (Å²) < 4.78 is 6.61. The van der Waals surface area contributed by atoms with Crippen LogP contribution >= 0.6 is 15.9 Å². The van der Waals surface area contributed by atoms with E-state index in [1.165, 1.54) is 32.1 Å². The molecule has 1 N–H and O–H groups in total. The first-order chi connectivity index (χ1) is 12.2. The lowest BCUT2D eigenvalue weighted by Gasteiger charge is -2.09. The van der Waals surface area contributed by atoms with Gasteiger partial charge in [0.2, 0.25) is 0 Å². The lowest BCUT2D eigenvalue weighted by Crippen LogP contribution is -2.12. The minimum Gasteiger partial charge on any atom is -0.494 e. The third kappa shape index (κ3) is 6.91. The zero-order chi connectivity index (χ0) is 17.9. The molecule has 0 fully saturated rings. The predicted molar refractivity (Wildman–Crippen MR) is 107 cm³/mol. The number of para-hydroxylation sites is 1. The van der Waals surface area contributed by atoms with E-state index < -0.39 is 0 Å². The molecular formula is C21H26BrNO2. The third-order valence-electron chi connectivity index (χ3n) is 4.01. The standard InChI is InChI=1S/C21H26BrNO2/c1-2-3-4-5-6-9-16-25-18-14-12-17(13-15-18)21(24)23-20-11-8-7-10-19(20)22/h7-8,10-15H,2-6,9,16H2,1H3,(H,23,24). The first-order valence-electron chi connectivity index (χ1n) is 8.99. The zero-order valence-electron chi connectivity index (χ0n) is 14.8. The minimum absolute atomic E-state index is 0.130. The molecular weight excluding hydrogens is 378 g/mol. The van der Waals surface area contributed by atoms with Gasteiger partial charge in [0.05, 0.1) is 12.3 Å². The van der Waals surface area contributed by atoms with E-state index in [1.807, 2.05) is 36.4 Å². The first-order valence-corrected chi connectivity index (χ1v) is 9.78. The van der Waals surface area contributed by atoms with Crippen molar-refractivity contribution in [1.29, 1.82) is 0 Å². The Morgan fingerprint density at radius 2 is 1.64 bits per heavy atom. The molecule has 1 amide bonds. The molecule has 0 bridgehead atoms. The van der Waals surface area contributed by atoms with Crippen molar-refractivity contribution in [2.75, 3.05) is 11.9 Å². The Hall–Kier alpha value is -1.81. The van der Waals surface area contributed by atoms with E-state index in [1.54, 1.807) is 12.1 Å². The number of carbonyl (C=O) groups excluding carboxylic acids is 1. The van der Waals surface area contributed by atoms with Crippen LogP contribution in [0.15, 0.2) is 53.0 Å². The lowest BCUT2D eigenvalue weighted by molar-refractivity contribution is 0.102. The highest BCUT2D eigenvalue weighted by Crippen LogP contribution is 2.22. The fourth-order valence-electron chi connectivity index (χ4n) is 2.53. The van der Waals surface area contributed by atoms with Crippen LogP contribution in [0.4, 0.5) is 5.69 Å². The Bertz CT molecular complexity index is 655. The van der Waals surface area contributed by atoms with Crippen molar-refractivity contribution in [3.05, 3.63) is 58.6 Å². The molecule has 0 spiro atoms. The SMILES string of the molecule is CCCCCCCCOc1ccc(C(=O)Nc2ccccc2Br)cc1. The molecule has 0 saturated heterocycles. The van der Waals surface area contributed by atoms with E-state index in [9.17, 15) is 4.79 Å². The van der Waals surface area contributed by atoms with E-state index in [-0.39, 0.29) is 5.91 Å². The van der Waals surface area contributed by atoms with Crippen molar-refractivity contribution in [2.45, 2.75) is 45.4 Å². The van der Waals surface area contributed by atoms with Gasteiger partial charge in [-0.05, 0) is 58.7 Å². The summed E-state index contributed by atoms with van der Waals surface area (Å²) in [5, 5.41) is 2.90. The zero-order valence-corrected chi connectivity index (χ0v) is 16.3. The van der Waals surface area contributed by atoms with Crippen molar-refractivity contribution < 1.29 is 9.53 Å². The monoisotopic (exact) mass is 403 g/mol. The average Bonchev–Trinajstić information content (AvgIpc) is 2.63. The second-order valence-electron chi connectivity index (χ2n) is 6.07. The van der Waals surface area contributed by atoms with Crippen LogP contribution in [-0.4, -0.2) is 12.5 Å². The van der Waals surface area contributed by atoms with Crippen LogP contribution in [0.2, 0.25) is 0 Å². The molecule has 0 saturated carbocycles. The maximum Gasteiger partial charge on any atom is 0.255 e. The summed E-state index contributed by atoms with van der Waals surface area (Å²) in [5.74, 6) is 0.681. The Labute approximate surface area is 158 Å². The van der Waals surface area contributed by atoms with E-state index in [0.29, 0.717) is 5.56 Å². The maximum atomic E-state index is 12.3. The van der Waals surface area contributed by atoms with Gasteiger partial charge in [0.15, 0.2) is 0 Å². The van der Waals surface area contributed by atoms with Crippen molar-refractivity contribution in [1.82, 2.24) is 0 Å². The molecule has 0 aliphatic carbocycles. The Morgan fingerprint density at radius 1 is 0.960 bits per heavy atom. The number of anilines is 1. The number of benzene rings is 2. The molecule has 0 aliphatic heterocycles. The molecule has 0 heterocycles. The van der Waals surface area contributed by atoms with Crippen LogP contribution in [0, 0.1) is 0 Å². The van der Waals surface area contributed by atoms with E-state index in [4.69, 9.17) is 4.74 Å². The summed E-state index contributed by atoms with van der Waals surface area (Å²) in [4.78, 5) is 12.3. The highest BCUT2D eigenvalue weighted by atomic mass is 79.9. The number of hydrogen-bond donors (Lipinski definition) is 1. The van der Waals surface area contributed by atoms with Gasteiger partial charge in [-0.15, -0.1) is 0 Å². The van der Waals surface area contributed by atoms with Crippen LogP contribution in [0.1, 0.15) is 55.8 Å². The first kappa shape index (κ1) is 19.5. The summed E-state index contributed by atoms with van der Waals surface area (Å²) >= 11 is 3.43.